The number of hydrogen-bond acceptors (Lipinski definition) is 3. The summed E-state index contributed by atoms with van der Waals surface area (Å²) in [5.74, 6) is -1.21. The number of benzene rings is 4. The number of carboxylic acid groups (broad SMARTS) is 1. The van der Waals surface area contributed by atoms with Gasteiger partial charge in [0.2, 0.25) is 0 Å². The second-order valence-electron chi connectivity index (χ2n) is 9.31. The van der Waals surface area contributed by atoms with E-state index in [2.05, 4.69) is 97.6 Å². The molecular formula is C33H28N2O2. The van der Waals surface area contributed by atoms with E-state index in [1.807, 2.05) is 18.2 Å². The quantitative estimate of drug-likeness (QED) is 0.212. The summed E-state index contributed by atoms with van der Waals surface area (Å²) in [5.41, 5.74) is 8.37. The van der Waals surface area contributed by atoms with Gasteiger partial charge >= 0.3 is 5.97 Å². The topological polar surface area (TPSA) is 64.3 Å². The highest BCUT2D eigenvalue weighted by Crippen LogP contribution is 2.54. The number of anilines is 3. The first-order valence-corrected chi connectivity index (χ1v) is 12.6. The second-order valence-corrected chi connectivity index (χ2v) is 9.31. The van der Waals surface area contributed by atoms with Crippen molar-refractivity contribution in [2.45, 2.75) is 32.1 Å². The Labute approximate surface area is 217 Å². The van der Waals surface area contributed by atoms with E-state index in [4.69, 9.17) is 0 Å². The molecule has 5 rings (SSSR count). The van der Waals surface area contributed by atoms with Gasteiger partial charge in [0, 0.05) is 22.5 Å². The molecule has 0 radical (unpaired) electrons. The Kier molecular flexibility index (Phi) is 6.38. The van der Waals surface area contributed by atoms with Crippen molar-refractivity contribution in [1.82, 2.24) is 0 Å². The van der Waals surface area contributed by atoms with Crippen molar-refractivity contribution in [1.29, 1.82) is 5.26 Å². The molecule has 0 saturated heterocycles. The van der Waals surface area contributed by atoms with Gasteiger partial charge in [-0.3, -0.25) is 0 Å². The van der Waals surface area contributed by atoms with Crippen molar-refractivity contribution >= 4 is 29.1 Å². The Balaban J connectivity index is 1.68. The van der Waals surface area contributed by atoms with Crippen LogP contribution < -0.4 is 4.90 Å². The Morgan fingerprint density at radius 1 is 0.811 bits per heavy atom. The van der Waals surface area contributed by atoms with Gasteiger partial charge in [-0.1, -0.05) is 74.5 Å². The molecule has 0 saturated carbocycles. The van der Waals surface area contributed by atoms with Crippen LogP contribution in [0.25, 0.3) is 17.2 Å². The predicted octanol–water partition coefficient (Wildman–Crippen LogP) is 8.23. The van der Waals surface area contributed by atoms with Gasteiger partial charge in [0.1, 0.15) is 11.6 Å². The number of aliphatic carboxylic acids is 1. The molecule has 4 heteroatoms. The van der Waals surface area contributed by atoms with Crippen LogP contribution in [-0.4, -0.2) is 11.1 Å². The summed E-state index contributed by atoms with van der Waals surface area (Å²) >= 11 is 0. The van der Waals surface area contributed by atoms with Gasteiger partial charge < -0.3 is 10.0 Å². The number of carboxylic acids is 1. The van der Waals surface area contributed by atoms with Crippen LogP contribution >= 0.6 is 0 Å². The highest BCUT2D eigenvalue weighted by Gasteiger charge is 2.41. The zero-order valence-corrected chi connectivity index (χ0v) is 21.0. The lowest BCUT2D eigenvalue weighted by molar-refractivity contribution is -0.132. The number of hydrogen-bond donors (Lipinski definition) is 1. The van der Waals surface area contributed by atoms with Crippen LogP contribution in [0.4, 0.5) is 17.1 Å². The van der Waals surface area contributed by atoms with Gasteiger partial charge in [-0.05, 0) is 83.1 Å². The van der Waals surface area contributed by atoms with E-state index in [1.165, 1.54) is 28.3 Å². The molecule has 4 aromatic carbocycles. The average Bonchev–Trinajstić information content (AvgIpc) is 3.21. The molecule has 0 aliphatic heterocycles. The third-order valence-electron chi connectivity index (χ3n) is 7.52. The number of nitrogens with zero attached hydrogens (tertiary/aromatic N) is 2. The van der Waals surface area contributed by atoms with Crippen molar-refractivity contribution in [3.8, 4) is 17.2 Å². The van der Waals surface area contributed by atoms with Crippen LogP contribution in [0, 0.1) is 11.3 Å². The van der Waals surface area contributed by atoms with E-state index in [0.29, 0.717) is 0 Å². The van der Waals surface area contributed by atoms with E-state index in [-0.39, 0.29) is 11.0 Å². The molecule has 1 N–H and O–H groups in total. The van der Waals surface area contributed by atoms with Crippen molar-refractivity contribution in [3.05, 3.63) is 119 Å². The zero-order valence-electron chi connectivity index (χ0n) is 21.0. The number of para-hydroxylation sites is 2. The van der Waals surface area contributed by atoms with Crippen LogP contribution in [0.15, 0.2) is 103 Å². The van der Waals surface area contributed by atoms with Crippen molar-refractivity contribution in [2.24, 2.45) is 0 Å². The molecule has 0 fully saturated rings. The summed E-state index contributed by atoms with van der Waals surface area (Å²) in [6.45, 7) is 4.42. The summed E-state index contributed by atoms with van der Waals surface area (Å²) in [6.07, 6.45) is 3.27. The SMILES string of the molecule is CCC1(CC)c2cc(/C=C(\C#N)C(=O)O)ccc2-c2ccc(N(c3ccccc3)c3ccccc3)cc21. The first-order valence-electron chi connectivity index (χ1n) is 12.6. The molecule has 0 atom stereocenters. The summed E-state index contributed by atoms with van der Waals surface area (Å²) < 4.78 is 0. The number of fused-ring (bicyclic) bond motifs is 3. The summed E-state index contributed by atoms with van der Waals surface area (Å²) in [7, 11) is 0. The van der Waals surface area contributed by atoms with Crippen LogP contribution in [0.2, 0.25) is 0 Å². The van der Waals surface area contributed by atoms with Gasteiger partial charge in [0.05, 0.1) is 0 Å². The number of nitriles is 1. The van der Waals surface area contributed by atoms with E-state index in [9.17, 15) is 15.2 Å². The molecule has 1 aliphatic carbocycles. The Bertz CT molecular complexity index is 1490. The lowest BCUT2D eigenvalue weighted by Crippen LogP contribution is -2.23. The van der Waals surface area contributed by atoms with Crippen molar-refractivity contribution in [3.63, 3.8) is 0 Å². The van der Waals surface area contributed by atoms with Crippen LogP contribution in [0.1, 0.15) is 43.4 Å². The maximum Gasteiger partial charge on any atom is 0.346 e. The van der Waals surface area contributed by atoms with E-state index in [1.54, 1.807) is 6.07 Å². The third kappa shape index (κ3) is 4.09. The smallest absolute Gasteiger partial charge is 0.346 e. The highest BCUT2D eigenvalue weighted by molar-refractivity contribution is 5.97. The lowest BCUT2D eigenvalue weighted by Gasteiger charge is -2.32. The second kappa shape index (κ2) is 9.79. The summed E-state index contributed by atoms with van der Waals surface area (Å²) in [5, 5.41) is 18.6. The van der Waals surface area contributed by atoms with Crippen LogP contribution in [-0.2, 0) is 10.2 Å². The number of carbonyl (C=O) groups is 1. The Morgan fingerprint density at radius 2 is 1.35 bits per heavy atom. The maximum atomic E-state index is 11.4. The monoisotopic (exact) mass is 484 g/mol. The fraction of sp³-hybridized carbons (Fsp3) is 0.152. The number of rotatable bonds is 7. The first-order chi connectivity index (χ1) is 18.0. The fourth-order valence-electron chi connectivity index (χ4n) is 5.65. The largest absolute Gasteiger partial charge is 0.477 e. The zero-order chi connectivity index (χ0) is 26.0. The van der Waals surface area contributed by atoms with E-state index < -0.39 is 5.97 Å². The minimum absolute atomic E-state index is 0.209. The molecule has 37 heavy (non-hydrogen) atoms. The molecule has 0 heterocycles. The summed E-state index contributed by atoms with van der Waals surface area (Å²) in [4.78, 5) is 13.7. The van der Waals surface area contributed by atoms with Crippen LogP contribution in [0.5, 0.6) is 0 Å². The minimum atomic E-state index is -1.21. The summed E-state index contributed by atoms with van der Waals surface area (Å²) in [6, 6.07) is 35.3. The molecule has 0 aromatic heterocycles. The standard InChI is InChI=1S/C33H28N2O2/c1-3-33(4-2)30-20-23(19-24(22-34)32(36)37)15-17-28(30)29-18-16-27(21-31(29)33)35(25-11-7-5-8-12-25)26-13-9-6-10-14-26/h5-21H,3-4H2,1-2H3,(H,36,37)/b24-19+. The predicted molar refractivity (Wildman–Crippen MR) is 149 cm³/mol. The fourth-order valence-corrected chi connectivity index (χ4v) is 5.65. The minimum Gasteiger partial charge on any atom is -0.477 e. The van der Waals surface area contributed by atoms with Gasteiger partial charge in [0.15, 0.2) is 0 Å². The van der Waals surface area contributed by atoms with Gasteiger partial charge in [-0.2, -0.15) is 5.26 Å². The lowest BCUT2D eigenvalue weighted by atomic mass is 9.73. The van der Waals surface area contributed by atoms with Crippen molar-refractivity contribution in [2.75, 3.05) is 4.90 Å². The maximum absolute atomic E-state index is 11.4. The van der Waals surface area contributed by atoms with E-state index in [0.717, 1.165) is 35.5 Å². The Morgan fingerprint density at radius 3 is 1.86 bits per heavy atom. The molecule has 4 aromatic rings. The molecule has 182 valence electrons. The molecule has 0 bridgehead atoms. The third-order valence-corrected chi connectivity index (χ3v) is 7.52. The van der Waals surface area contributed by atoms with Gasteiger partial charge in [-0.15, -0.1) is 0 Å². The highest BCUT2D eigenvalue weighted by atomic mass is 16.4. The average molecular weight is 485 g/mol. The Hall–Kier alpha value is -4.62. The first kappa shape index (κ1) is 24.1. The molecule has 0 amide bonds. The van der Waals surface area contributed by atoms with Gasteiger partial charge in [0.25, 0.3) is 0 Å². The van der Waals surface area contributed by atoms with Crippen molar-refractivity contribution < 1.29 is 9.90 Å². The normalized spacial score (nSPS) is 13.4. The van der Waals surface area contributed by atoms with Gasteiger partial charge in [-0.25, -0.2) is 4.79 Å². The van der Waals surface area contributed by atoms with E-state index >= 15 is 0 Å². The molecule has 1 aliphatic rings. The molecule has 0 spiro atoms. The molecular weight excluding hydrogens is 456 g/mol. The van der Waals surface area contributed by atoms with Crippen LogP contribution in [0.3, 0.4) is 0 Å². The molecule has 0 unspecified atom stereocenters. The molecule has 4 nitrogen and oxygen atoms in total.